The van der Waals surface area contributed by atoms with Crippen LogP contribution in [-0.4, -0.2) is 31.1 Å². The van der Waals surface area contributed by atoms with Crippen LogP contribution in [0.2, 0.25) is 0 Å². The lowest BCUT2D eigenvalue weighted by Crippen LogP contribution is -2.46. The number of nitrogens with one attached hydrogen (secondary N) is 1. The highest BCUT2D eigenvalue weighted by molar-refractivity contribution is 5.73. The van der Waals surface area contributed by atoms with E-state index in [0.29, 0.717) is 6.04 Å². The van der Waals surface area contributed by atoms with Crippen LogP contribution >= 0.6 is 0 Å². The zero-order chi connectivity index (χ0) is 11.3. The predicted molar refractivity (Wildman–Crippen MR) is 63.1 cm³/mol. The molecule has 3 nitrogen and oxygen atoms in total. The summed E-state index contributed by atoms with van der Waals surface area (Å²) in [6.45, 7) is 0. The van der Waals surface area contributed by atoms with Gasteiger partial charge in [-0.15, -0.1) is 0 Å². The Hall–Kier alpha value is -0.730. The average Bonchev–Trinajstić information content (AvgIpc) is 2.87. The smallest absolute Gasteiger partial charge is 0.317 e. The first-order valence-corrected chi connectivity index (χ1v) is 6.64. The van der Waals surface area contributed by atoms with Crippen LogP contribution in [0.15, 0.2) is 0 Å². The van der Waals surface area contributed by atoms with E-state index in [-0.39, 0.29) is 6.03 Å². The second-order valence-corrected chi connectivity index (χ2v) is 6.10. The molecule has 16 heavy (non-hydrogen) atoms. The second kappa shape index (κ2) is 3.64. The zero-order valence-electron chi connectivity index (χ0n) is 10.3. The van der Waals surface area contributed by atoms with Gasteiger partial charge in [-0.3, -0.25) is 0 Å². The molecular weight excluding hydrogens is 200 g/mol. The molecule has 2 amide bonds. The first-order chi connectivity index (χ1) is 7.66. The van der Waals surface area contributed by atoms with Crippen molar-refractivity contribution in [2.45, 2.75) is 38.1 Å². The summed E-state index contributed by atoms with van der Waals surface area (Å²) in [6, 6.07) is 0.561. The number of hydrogen-bond acceptors (Lipinski definition) is 1. The molecule has 3 heteroatoms. The van der Waals surface area contributed by atoms with E-state index in [1.54, 1.807) is 4.90 Å². The lowest BCUT2D eigenvalue weighted by atomic mass is 9.79. The molecule has 0 spiro atoms. The number of carbonyl (C=O) groups excluding carboxylic acids is 1. The third-order valence-corrected chi connectivity index (χ3v) is 5.14. The Labute approximate surface area is 97.6 Å². The van der Waals surface area contributed by atoms with Gasteiger partial charge in [0, 0.05) is 20.1 Å². The average molecular weight is 222 g/mol. The van der Waals surface area contributed by atoms with Gasteiger partial charge in [-0.05, 0) is 49.4 Å². The molecule has 0 aromatic carbocycles. The molecule has 1 N–H and O–H groups in total. The third-order valence-electron chi connectivity index (χ3n) is 5.14. The van der Waals surface area contributed by atoms with E-state index in [1.807, 2.05) is 14.1 Å². The van der Waals surface area contributed by atoms with Crippen molar-refractivity contribution in [1.29, 1.82) is 0 Å². The summed E-state index contributed by atoms with van der Waals surface area (Å²) >= 11 is 0. The van der Waals surface area contributed by atoms with Crippen molar-refractivity contribution in [2.75, 3.05) is 14.1 Å². The highest BCUT2D eigenvalue weighted by atomic mass is 16.2. The van der Waals surface area contributed by atoms with Gasteiger partial charge in [-0.25, -0.2) is 4.79 Å². The molecule has 3 aliphatic carbocycles. The number of carbonyl (C=O) groups is 1. The minimum absolute atomic E-state index is 0.0899. The van der Waals surface area contributed by atoms with E-state index in [9.17, 15) is 4.79 Å². The second-order valence-electron chi connectivity index (χ2n) is 6.10. The molecule has 3 rings (SSSR count). The predicted octanol–water partition coefficient (Wildman–Crippen LogP) is 2.08. The molecule has 3 saturated carbocycles. The summed E-state index contributed by atoms with van der Waals surface area (Å²) in [5.74, 6) is 3.66. The molecule has 2 unspecified atom stereocenters. The zero-order valence-corrected chi connectivity index (χ0v) is 10.3. The molecule has 3 fully saturated rings. The van der Waals surface area contributed by atoms with Crippen LogP contribution in [0.5, 0.6) is 0 Å². The fraction of sp³-hybridized carbons (Fsp3) is 0.923. The van der Waals surface area contributed by atoms with Crippen LogP contribution in [0.4, 0.5) is 4.79 Å². The van der Waals surface area contributed by atoms with Crippen LogP contribution < -0.4 is 5.32 Å². The SMILES string of the molecule is CN(C)C(=O)N[C@@H]1C[C@H]2C[C@@H]1C1CCCC12. The van der Waals surface area contributed by atoms with E-state index in [4.69, 9.17) is 0 Å². The summed E-state index contributed by atoms with van der Waals surface area (Å²) in [5, 5.41) is 3.21. The van der Waals surface area contributed by atoms with Crippen LogP contribution in [0, 0.1) is 23.7 Å². The lowest BCUT2D eigenvalue weighted by Gasteiger charge is -2.32. The Kier molecular flexibility index (Phi) is 2.37. The Balaban J connectivity index is 1.66. The van der Waals surface area contributed by atoms with E-state index < -0.39 is 0 Å². The summed E-state index contributed by atoms with van der Waals surface area (Å²) in [4.78, 5) is 13.3. The number of fused-ring (bicyclic) bond motifs is 5. The summed E-state index contributed by atoms with van der Waals surface area (Å²) in [7, 11) is 3.64. The van der Waals surface area contributed by atoms with Gasteiger partial charge in [0.25, 0.3) is 0 Å². The monoisotopic (exact) mass is 222 g/mol. The number of urea groups is 1. The summed E-state index contributed by atoms with van der Waals surface area (Å²) < 4.78 is 0. The first kappa shape index (κ1) is 10.4. The first-order valence-electron chi connectivity index (χ1n) is 6.64. The van der Waals surface area contributed by atoms with Gasteiger partial charge in [0.1, 0.15) is 0 Å². The maximum Gasteiger partial charge on any atom is 0.317 e. The number of nitrogens with zero attached hydrogens (tertiary/aromatic N) is 1. The highest BCUT2D eigenvalue weighted by Crippen LogP contribution is 2.58. The fourth-order valence-corrected chi connectivity index (χ4v) is 4.52. The molecular formula is C13H22N2O. The van der Waals surface area contributed by atoms with Gasteiger partial charge in [0.2, 0.25) is 0 Å². The van der Waals surface area contributed by atoms with Crippen molar-refractivity contribution in [1.82, 2.24) is 10.2 Å². The minimum Gasteiger partial charge on any atom is -0.335 e. The molecule has 5 atom stereocenters. The van der Waals surface area contributed by atoms with Crippen molar-refractivity contribution in [3.8, 4) is 0 Å². The Morgan fingerprint density at radius 3 is 2.62 bits per heavy atom. The van der Waals surface area contributed by atoms with Gasteiger partial charge < -0.3 is 10.2 Å². The number of hydrogen-bond donors (Lipinski definition) is 1. The standard InChI is InChI=1S/C13H22N2O/c1-15(2)13(16)14-12-7-8-6-11(12)10-5-3-4-9(8)10/h8-12H,3-7H2,1-2H3,(H,14,16)/t8-,9?,10?,11-,12-/m1/s1. The van der Waals surface area contributed by atoms with Crippen LogP contribution in [0.25, 0.3) is 0 Å². The van der Waals surface area contributed by atoms with Crippen molar-refractivity contribution in [2.24, 2.45) is 23.7 Å². The van der Waals surface area contributed by atoms with Crippen molar-refractivity contribution in [3.63, 3.8) is 0 Å². The van der Waals surface area contributed by atoms with Gasteiger partial charge >= 0.3 is 6.03 Å². The van der Waals surface area contributed by atoms with Crippen LogP contribution in [0.3, 0.4) is 0 Å². The van der Waals surface area contributed by atoms with E-state index in [1.165, 1.54) is 32.1 Å². The molecule has 0 aliphatic heterocycles. The topological polar surface area (TPSA) is 32.3 Å². The van der Waals surface area contributed by atoms with Gasteiger partial charge in [-0.1, -0.05) is 6.42 Å². The molecule has 2 bridgehead atoms. The van der Waals surface area contributed by atoms with Crippen LogP contribution in [-0.2, 0) is 0 Å². The molecule has 0 saturated heterocycles. The Morgan fingerprint density at radius 1 is 1.12 bits per heavy atom. The Morgan fingerprint density at radius 2 is 1.88 bits per heavy atom. The molecule has 3 aliphatic rings. The maximum absolute atomic E-state index is 11.7. The van der Waals surface area contributed by atoms with E-state index in [0.717, 1.165) is 23.7 Å². The molecule has 0 radical (unpaired) electrons. The van der Waals surface area contributed by atoms with E-state index in [2.05, 4.69) is 5.32 Å². The van der Waals surface area contributed by atoms with Crippen LogP contribution in [0.1, 0.15) is 32.1 Å². The molecule has 90 valence electrons. The number of amides is 2. The fourth-order valence-electron chi connectivity index (χ4n) is 4.52. The third kappa shape index (κ3) is 1.44. The van der Waals surface area contributed by atoms with Crippen molar-refractivity contribution < 1.29 is 4.79 Å². The quantitative estimate of drug-likeness (QED) is 0.724. The molecule has 0 aromatic heterocycles. The highest BCUT2D eigenvalue weighted by Gasteiger charge is 2.54. The summed E-state index contributed by atoms with van der Waals surface area (Å²) in [6.07, 6.45) is 6.93. The maximum atomic E-state index is 11.7. The molecule has 0 aromatic rings. The summed E-state index contributed by atoms with van der Waals surface area (Å²) in [5.41, 5.74) is 0. The van der Waals surface area contributed by atoms with Gasteiger partial charge in [0.05, 0.1) is 0 Å². The van der Waals surface area contributed by atoms with Crippen molar-refractivity contribution >= 4 is 6.03 Å². The number of rotatable bonds is 1. The molecule has 0 heterocycles. The largest absolute Gasteiger partial charge is 0.335 e. The Bertz CT molecular complexity index is 302. The van der Waals surface area contributed by atoms with E-state index >= 15 is 0 Å². The van der Waals surface area contributed by atoms with Gasteiger partial charge in [-0.2, -0.15) is 0 Å². The van der Waals surface area contributed by atoms with Gasteiger partial charge in [0.15, 0.2) is 0 Å². The van der Waals surface area contributed by atoms with Crippen molar-refractivity contribution in [3.05, 3.63) is 0 Å². The minimum atomic E-state index is 0.0899. The normalized spacial score (nSPS) is 44.5. The lowest BCUT2D eigenvalue weighted by molar-refractivity contribution is 0.184.